The number of benzene rings is 1. The third kappa shape index (κ3) is 2.42. The van der Waals surface area contributed by atoms with Crippen LogP contribution in [0.15, 0.2) is 30.3 Å². The molecule has 2 rings (SSSR count). The van der Waals surface area contributed by atoms with Gasteiger partial charge >= 0.3 is 11.9 Å². The van der Waals surface area contributed by atoms with Crippen molar-refractivity contribution in [2.24, 2.45) is 11.3 Å². The van der Waals surface area contributed by atoms with E-state index in [1.807, 2.05) is 44.2 Å². The molecule has 1 aromatic carbocycles. The highest BCUT2D eigenvalue weighted by atomic mass is 16.6. The summed E-state index contributed by atoms with van der Waals surface area (Å²) in [4.78, 5) is 23.8. The SMILES string of the molecule is CC[C@H](C)[C@]1(C)C(=O)O[C@H]1C(=O)OCc1ccccc1. The molecule has 1 aliphatic rings. The minimum Gasteiger partial charge on any atom is -0.458 e. The second-order valence-electron chi connectivity index (χ2n) is 5.47. The molecule has 3 atom stereocenters. The highest BCUT2D eigenvalue weighted by molar-refractivity contribution is 5.94. The quantitative estimate of drug-likeness (QED) is 0.776. The Morgan fingerprint density at radius 1 is 1.40 bits per heavy atom. The molecule has 108 valence electrons. The lowest BCUT2D eigenvalue weighted by molar-refractivity contribution is -0.222. The van der Waals surface area contributed by atoms with Crippen LogP contribution in [-0.2, 0) is 25.7 Å². The van der Waals surface area contributed by atoms with Gasteiger partial charge in [-0.1, -0.05) is 50.6 Å². The predicted molar refractivity (Wildman–Crippen MR) is 73.7 cm³/mol. The summed E-state index contributed by atoms with van der Waals surface area (Å²) in [5.74, 6) is -0.692. The monoisotopic (exact) mass is 276 g/mol. The van der Waals surface area contributed by atoms with Crippen LogP contribution in [0.3, 0.4) is 0 Å². The summed E-state index contributed by atoms with van der Waals surface area (Å²) in [6, 6.07) is 9.44. The second-order valence-corrected chi connectivity index (χ2v) is 5.47. The number of carbonyl (C=O) groups is 2. The first-order valence-corrected chi connectivity index (χ1v) is 6.91. The number of rotatable bonds is 5. The molecule has 0 spiro atoms. The van der Waals surface area contributed by atoms with Crippen LogP contribution in [0, 0.1) is 11.3 Å². The van der Waals surface area contributed by atoms with Crippen molar-refractivity contribution in [3.05, 3.63) is 35.9 Å². The van der Waals surface area contributed by atoms with E-state index >= 15 is 0 Å². The summed E-state index contributed by atoms with van der Waals surface area (Å²) >= 11 is 0. The summed E-state index contributed by atoms with van der Waals surface area (Å²) in [6.45, 7) is 5.93. The van der Waals surface area contributed by atoms with Crippen LogP contribution in [-0.4, -0.2) is 18.0 Å². The van der Waals surface area contributed by atoms with Gasteiger partial charge in [0.1, 0.15) is 12.0 Å². The zero-order valence-corrected chi connectivity index (χ0v) is 12.1. The van der Waals surface area contributed by atoms with Gasteiger partial charge in [-0.25, -0.2) is 4.79 Å². The van der Waals surface area contributed by atoms with Crippen molar-refractivity contribution in [3.63, 3.8) is 0 Å². The number of cyclic esters (lactones) is 1. The Hall–Kier alpha value is -1.84. The van der Waals surface area contributed by atoms with Crippen LogP contribution in [0.4, 0.5) is 0 Å². The molecular weight excluding hydrogens is 256 g/mol. The number of ether oxygens (including phenoxy) is 2. The first-order valence-electron chi connectivity index (χ1n) is 6.91. The van der Waals surface area contributed by atoms with Gasteiger partial charge in [-0.3, -0.25) is 4.79 Å². The molecule has 0 bridgehead atoms. The average Bonchev–Trinajstić information content (AvgIpc) is 2.49. The third-order valence-electron chi connectivity index (χ3n) is 4.28. The molecule has 0 radical (unpaired) electrons. The summed E-state index contributed by atoms with van der Waals surface area (Å²) in [5.41, 5.74) is 0.152. The van der Waals surface area contributed by atoms with E-state index in [2.05, 4.69) is 0 Å². The molecule has 0 aliphatic carbocycles. The molecule has 0 unspecified atom stereocenters. The Morgan fingerprint density at radius 3 is 2.60 bits per heavy atom. The number of hydrogen-bond donors (Lipinski definition) is 0. The molecule has 1 aromatic rings. The molecule has 0 saturated carbocycles. The summed E-state index contributed by atoms with van der Waals surface area (Å²) < 4.78 is 10.3. The smallest absolute Gasteiger partial charge is 0.349 e. The van der Waals surface area contributed by atoms with E-state index in [9.17, 15) is 9.59 Å². The molecule has 0 amide bonds. The van der Waals surface area contributed by atoms with E-state index in [0.29, 0.717) is 0 Å². The van der Waals surface area contributed by atoms with E-state index in [1.165, 1.54) is 0 Å². The molecule has 1 heterocycles. The Bertz CT molecular complexity index is 496. The number of esters is 2. The molecule has 0 N–H and O–H groups in total. The van der Waals surface area contributed by atoms with Crippen molar-refractivity contribution in [2.45, 2.75) is 39.9 Å². The molecule has 0 aromatic heterocycles. The van der Waals surface area contributed by atoms with Gasteiger partial charge in [0.15, 0.2) is 0 Å². The van der Waals surface area contributed by atoms with Crippen LogP contribution in [0.2, 0.25) is 0 Å². The van der Waals surface area contributed by atoms with Gasteiger partial charge in [0.2, 0.25) is 6.10 Å². The second kappa shape index (κ2) is 5.65. The van der Waals surface area contributed by atoms with Crippen molar-refractivity contribution in [1.29, 1.82) is 0 Å². The van der Waals surface area contributed by atoms with Crippen LogP contribution >= 0.6 is 0 Å². The number of hydrogen-bond acceptors (Lipinski definition) is 4. The van der Waals surface area contributed by atoms with E-state index in [0.717, 1.165) is 12.0 Å². The van der Waals surface area contributed by atoms with Crippen molar-refractivity contribution >= 4 is 11.9 Å². The standard InChI is InChI=1S/C16H20O4/c1-4-11(2)16(3)13(20-15(16)18)14(17)19-10-12-8-6-5-7-9-12/h5-9,11,13H,4,10H2,1-3H3/t11-,13-,16-/m0/s1. The molecule has 1 fully saturated rings. The fourth-order valence-electron chi connectivity index (χ4n) is 2.39. The van der Waals surface area contributed by atoms with Crippen LogP contribution < -0.4 is 0 Å². The lowest BCUT2D eigenvalue weighted by atomic mass is 9.68. The Labute approximate surface area is 119 Å². The van der Waals surface area contributed by atoms with E-state index in [-0.39, 0.29) is 18.5 Å². The first-order chi connectivity index (χ1) is 9.50. The largest absolute Gasteiger partial charge is 0.458 e. The molecule has 1 saturated heterocycles. The van der Waals surface area contributed by atoms with E-state index in [4.69, 9.17) is 9.47 Å². The maximum absolute atomic E-state index is 12.1. The third-order valence-corrected chi connectivity index (χ3v) is 4.28. The van der Waals surface area contributed by atoms with Gasteiger partial charge in [-0.2, -0.15) is 0 Å². The Kier molecular flexibility index (Phi) is 4.12. The molecular formula is C16H20O4. The van der Waals surface area contributed by atoms with Crippen molar-refractivity contribution in [1.82, 2.24) is 0 Å². The fraction of sp³-hybridized carbons (Fsp3) is 0.500. The molecule has 1 aliphatic heterocycles. The molecule has 20 heavy (non-hydrogen) atoms. The average molecular weight is 276 g/mol. The lowest BCUT2D eigenvalue weighted by Crippen LogP contribution is -2.61. The van der Waals surface area contributed by atoms with Gasteiger partial charge < -0.3 is 9.47 Å². The summed E-state index contributed by atoms with van der Waals surface area (Å²) in [5, 5.41) is 0. The highest BCUT2D eigenvalue weighted by Crippen LogP contribution is 2.44. The van der Waals surface area contributed by atoms with Crippen molar-refractivity contribution in [2.75, 3.05) is 0 Å². The highest BCUT2D eigenvalue weighted by Gasteiger charge is 2.61. The topological polar surface area (TPSA) is 52.6 Å². The van der Waals surface area contributed by atoms with E-state index < -0.39 is 17.5 Å². The normalized spacial score (nSPS) is 26.4. The molecule has 4 nitrogen and oxygen atoms in total. The predicted octanol–water partition coefficient (Wildman–Crippen LogP) is 2.71. The Morgan fingerprint density at radius 2 is 2.05 bits per heavy atom. The Balaban J connectivity index is 1.98. The van der Waals surface area contributed by atoms with Gasteiger partial charge in [0, 0.05) is 0 Å². The minimum atomic E-state index is -0.784. The van der Waals surface area contributed by atoms with Crippen LogP contribution in [0.25, 0.3) is 0 Å². The van der Waals surface area contributed by atoms with Gasteiger partial charge in [-0.15, -0.1) is 0 Å². The lowest BCUT2D eigenvalue weighted by Gasteiger charge is -2.46. The zero-order valence-electron chi connectivity index (χ0n) is 12.1. The van der Waals surface area contributed by atoms with Gasteiger partial charge in [0.05, 0.1) is 0 Å². The van der Waals surface area contributed by atoms with Crippen molar-refractivity contribution in [3.8, 4) is 0 Å². The fourth-order valence-corrected chi connectivity index (χ4v) is 2.39. The minimum absolute atomic E-state index is 0.0815. The first kappa shape index (κ1) is 14.6. The van der Waals surface area contributed by atoms with Crippen LogP contribution in [0.1, 0.15) is 32.8 Å². The zero-order chi connectivity index (χ0) is 14.8. The summed E-state index contributed by atoms with van der Waals surface area (Å²) in [7, 11) is 0. The van der Waals surface area contributed by atoms with Crippen LogP contribution in [0.5, 0.6) is 0 Å². The van der Waals surface area contributed by atoms with Gasteiger partial charge in [0.25, 0.3) is 0 Å². The maximum atomic E-state index is 12.1. The van der Waals surface area contributed by atoms with Crippen molar-refractivity contribution < 1.29 is 19.1 Å². The van der Waals surface area contributed by atoms with E-state index in [1.54, 1.807) is 6.92 Å². The molecule has 4 heteroatoms. The van der Waals surface area contributed by atoms with Gasteiger partial charge in [-0.05, 0) is 18.4 Å². The maximum Gasteiger partial charge on any atom is 0.349 e. The number of carbonyl (C=O) groups excluding carboxylic acids is 2. The summed E-state index contributed by atoms with van der Waals surface area (Å²) in [6.07, 6.45) is 0.0299.